The zero-order chi connectivity index (χ0) is 12.3. The molecule has 1 aromatic carbocycles. The maximum absolute atomic E-state index is 9.48. The number of H-pyrrole nitrogens is 1. The highest BCUT2D eigenvalue weighted by atomic mass is 16.5. The first-order chi connectivity index (χ1) is 8.19. The van der Waals surface area contributed by atoms with Crippen molar-refractivity contribution in [3.8, 4) is 0 Å². The number of hydrogen-bond donors (Lipinski definition) is 4. The van der Waals surface area contributed by atoms with Crippen molar-refractivity contribution in [1.29, 1.82) is 0 Å². The number of fused-ring (bicyclic) bond motifs is 1. The molecule has 2 aromatic rings. The van der Waals surface area contributed by atoms with E-state index in [1.165, 1.54) is 0 Å². The number of nitrogens with zero attached hydrogens (tertiary/aromatic N) is 1. The van der Waals surface area contributed by atoms with Crippen LogP contribution in [0.15, 0.2) is 18.2 Å². The Balaban J connectivity index is 2.04. The summed E-state index contributed by atoms with van der Waals surface area (Å²) in [6, 6.07) is 5.46. The van der Waals surface area contributed by atoms with Crippen LogP contribution in [0.2, 0.25) is 0 Å². The van der Waals surface area contributed by atoms with Crippen LogP contribution in [0.4, 0.5) is 11.6 Å². The highest BCUT2D eigenvalue weighted by Crippen LogP contribution is 2.16. The van der Waals surface area contributed by atoms with E-state index >= 15 is 0 Å². The van der Waals surface area contributed by atoms with Crippen LogP contribution in [0, 0.1) is 0 Å². The Morgan fingerprint density at radius 3 is 3.18 bits per heavy atom. The summed E-state index contributed by atoms with van der Waals surface area (Å²) in [5.41, 5.74) is 8.06. The van der Waals surface area contributed by atoms with Crippen molar-refractivity contribution in [2.45, 2.75) is 6.10 Å². The zero-order valence-electron chi connectivity index (χ0n) is 9.60. The number of nitrogens with one attached hydrogen (secondary N) is 2. The van der Waals surface area contributed by atoms with E-state index in [9.17, 15) is 5.11 Å². The van der Waals surface area contributed by atoms with Crippen molar-refractivity contribution in [3.05, 3.63) is 18.2 Å². The Morgan fingerprint density at radius 1 is 1.59 bits per heavy atom. The van der Waals surface area contributed by atoms with Gasteiger partial charge in [-0.1, -0.05) is 0 Å². The largest absolute Gasteiger partial charge is 0.399 e. The van der Waals surface area contributed by atoms with E-state index < -0.39 is 6.10 Å². The van der Waals surface area contributed by atoms with E-state index in [0.717, 1.165) is 11.0 Å². The number of aliphatic hydroxyl groups is 1. The number of nitrogen functional groups attached to an aromatic ring is 1. The predicted octanol–water partition coefficient (Wildman–Crippen LogP) is 0.564. The fourth-order valence-electron chi connectivity index (χ4n) is 1.58. The Labute approximate surface area is 98.8 Å². The maximum Gasteiger partial charge on any atom is 0.201 e. The molecule has 0 aliphatic heterocycles. The summed E-state index contributed by atoms with van der Waals surface area (Å²) in [6.45, 7) is 0.670. The Bertz CT molecular complexity index is 497. The third kappa shape index (κ3) is 2.86. The number of hydrogen-bond acceptors (Lipinski definition) is 5. The number of aliphatic hydroxyl groups excluding tert-OH is 1. The smallest absolute Gasteiger partial charge is 0.201 e. The summed E-state index contributed by atoms with van der Waals surface area (Å²) < 4.78 is 4.83. The van der Waals surface area contributed by atoms with Gasteiger partial charge in [0, 0.05) is 19.3 Å². The highest BCUT2D eigenvalue weighted by molar-refractivity contribution is 5.80. The molecule has 6 heteroatoms. The molecule has 0 saturated carbocycles. The molecule has 1 unspecified atom stereocenters. The lowest BCUT2D eigenvalue weighted by molar-refractivity contribution is 0.0727. The van der Waals surface area contributed by atoms with Crippen LogP contribution >= 0.6 is 0 Å². The molecule has 17 heavy (non-hydrogen) atoms. The van der Waals surface area contributed by atoms with Crippen molar-refractivity contribution < 1.29 is 9.84 Å². The van der Waals surface area contributed by atoms with E-state index in [0.29, 0.717) is 24.8 Å². The summed E-state index contributed by atoms with van der Waals surface area (Å²) in [5, 5.41) is 12.5. The van der Waals surface area contributed by atoms with Gasteiger partial charge >= 0.3 is 0 Å². The van der Waals surface area contributed by atoms with E-state index in [4.69, 9.17) is 10.5 Å². The van der Waals surface area contributed by atoms with E-state index in [-0.39, 0.29) is 0 Å². The monoisotopic (exact) mass is 236 g/mol. The minimum atomic E-state index is -0.557. The fourth-order valence-corrected chi connectivity index (χ4v) is 1.58. The van der Waals surface area contributed by atoms with Gasteiger partial charge in [0.25, 0.3) is 0 Å². The van der Waals surface area contributed by atoms with Crippen molar-refractivity contribution in [3.63, 3.8) is 0 Å². The quantitative estimate of drug-likeness (QED) is 0.569. The van der Waals surface area contributed by atoms with Crippen LogP contribution in [0.5, 0.6) is 0 Å². The third-order valence-electron chi connectivity index (χ3n) is 2.37. The average molecular weight is 236 g/mol. The molecule has 2 rings (SSSR count). The normalized spacial score (nSPS) is 12.8. The maximum atomic E-state index is 9.48. The summed E-state index contributed by atoms with van der Waals surface area (Å²) in [4.78, 5) is 7.39. The SMILES string of the molecule is COCC(O)CNc1nc2ccc(N)cc2[nH]1. The van der Waals surface area contributed by atoms with Crippen LogP contribution in [0.3, 0.4) is 0 Å². The molecule has 92 valence electrons. The average Bonchev–Trinajstić information content (AvgIpc) is 2.68. The second-order valence-electron chi connectivity index (χ2n) is 3.85. The first-order valence-electron chi connectivity index (χ1n) is 5.35. The first-order valence-corrected chi connectivity index (χ1v) is 5.35. The predicted molar refractivity (Wildman–Crippen MR) is 66.9 cm³/mol. The molecule has 1 atom stereocenters. The highest BCUT2D eigenvalue weighted by Gasteiger charge is 2.06. The third-order valence-corrected chi connectivity index (χ3v) is 2.37. The lowest BCUT2D eigenvalue weighted by atomic mass is 10.3. The molecule has 0 fully saturated rings. The molecule has 0 aliphatic carbocycles. The fraction of sp³-hybridized carbons (Fsp3) is 0.364. The van der Waals surface area contributed by atoms with E-state index in [2.05, 4.69) is 15.3 Å². The number of anilines is 2. The molecule has 0 aliphatic rings. The molecule has 0 saturated heterocycles. The first kappa shape index (κ1) is 11.7. The van der Waals surface area contributed by atoms with Gasteiger partial charge in [0.1, 0.15) is 0 Å². The summed E-state index contributed by atoms with van der Waals surface area (Å²) in [6.07, 6.45) is -0.557. The topological polar surface area (TPSA) is 96.2 Å². The number of aromatic amines is 1. The summed E-state index contributed by atoms with van der Waals surface area (Å²) >= 11 is 0. The Kier molecular flexibility index (Phi) is 3.46. The van der Waals surface area contributed by atoms with Gasteiger partial charge in [-0.3, -0.25) is 0 Å². The standard InChI is InChI=1S/C11H16N4O2/c1-17-6-8(16)5-13-11-14-9-3-2-7(12)4-10(9)15-11/h2-4,8,16H,5-6,12H2,1H3,(H2,13,14,15). The number of rotatable bonds is 5. The molecule has 0 bridgehead atoms. The van der Waals surface area contributed by atoms with Crippen LogP contribution in [0.25, 0.3) is 11.0 Å². The van der Waals surface area contributed by atoms with E-state index in [1.807, 2.05) is 12.1 Å². The van der Waals surface area contributed by atoms with Gasteiger partial charge in [0.05, 0.1) is 23.7 Å². The molecular weight excluding hydrogens is 220 g/mol. The number of ether oxygens (including phenoxy) is 1. The lowest BCUT2D eigenvalue weighted by Crippen LogP contribution is -2.24. The van der Waals surface area contributed by atoms with Crippen LogP contribution in [-0.2, 0) is 4.74 Å². The molecule has 6 nitrogen and oxygen atoms in total. The van der Waals surface area contributed by atoms with E-state index in [1.54, 1.807) is 13.2 Å². The van der Waals surface area contributed by atoms with Crippen molar-refractivity contribution in [1.82, 2.24) is 9.97 Å². The number of aromatic nitrogens is 2. The van der Waals surface area contributed by atoms with Gasteiger partial charge in [-0.05, 0) is 18.2 Å². The van der Waals surface area contributed by atoms with Gasteiger partial charge in [0.2, 0.25) is 5.95 Å². The molecule has 0 amide bonds. The number of benzene rings is 1. The molecule has 1 heterocycles. The number of nitrogens with two attached hydrogens (primary N) is 1. The van der Waals surface area contributed by atoms with Gasteiger partial charge in [0.15, 0.2) is 0 Å². The molecular formula is C11H16N4O2. The van der Waals surface area contributed by atoms with Crippen LogP contribution < -0.4 is 11.1 Å². The van der Waals surface area contributed by atoms with Gasteiger partial charge < -0.3 is 25.9 Å². The van der Waals surface area contributed by atoms with Crippen molar-refractivity contribution in [2.75, 3.05) is 31.3 Å². The van der Waals surface area contributed by atoms with Gasteiger partial charge in [-0.25, -0.2) is 4.98 Å². The number of imidazole rings is 1. The van der Waals surface area contributed by atoms with Gasteiger partial charge in [-0.15, -0.1) is 0 Å². The minimum Gasteiger partial charge on any atom is -0.399 e. The zero-order valence-corrected chi connectivity index (χ0v) is 9.60. The second kappa shape index (κ2) is 5.03. The Morgan fingerprint density at radius 2 is 2.41 bits per heavy atom. The molecule has 5 N–H and O–H groups in total. The Hall–Kier alpha value is -1.79. The molecule has 1 aromatic heterocycles. The summed E-state index contributed by atoms with van der Waals surface area (Å²) in [7, 11) is 1.55. The lowest BCUT2D eigenvalue weighted by Gasteiger charge is -2.09. The van der Waals surface area contributed by atoms with Crippen molar-refractivity contribution >= 4 is 22.7 Å². The minimum absolute atomic E-state index is 0.292. The second-order valence-corrected chi connectivity index (χ2v) is 3.85. The van der Waals surface area contributed by atoms with Gasteiger partial charge in [-0.2, -0.15) is 0 Å². The van der Waals surface area contributed by atoms with Crippen LogP contribution in [0.1, 0.15) is 0 Å². The van der Waals surface area contributed by atoms with Crippen molar-refractivity contribution in [2.24, 2.45) is 0 Å². The summed E-state index contributed by atoms with van der Waals surface area (Å²) in [5.74, 6) is 0.612. The molecule has 0 radical (unpaired) electrons. The molecule has 0 spiro atoms. The number of methoxy groups -OCH3 is 1. The van der Waals surface area contributed by atoms with Crippen LogP contribution in [-0.4, -0.2) is 41.4 Å².